The topological polar surface area (TPSA) is 13.1 Å². The third-order valence-electron chi connectivity index (χ3n) is 7.97. The first-order valence-electron chi connectivity index (χ1n) is 10.2. The highest BCUT2D eigenvalue weighted by Gasteiger charge is 2.53. The van der Waals surface area contributed by atoms with Gasteiger partial charge in [-0.25, -0.2) is 0 Å². The van der Waals surface area contributed by atoms with Crippen molar-refractivity contribution in [2.45, 2.75) is 68.3 Å². The molecule has 128 valence electrons. The molecule has 6 bridgehead atoms. The average Bonchev–Trinajstić information content (AvgIpc) is 3.34. The Morgan fingerprint density at radius 2 is 1.96 bits per heavy atom. The van der Waals surface area contributed by atoms with Crippen molar-refractivity contribution in [3.63, 3.8) is 0 Å². The summed E-state index contributed by atoms with van der Waals surface area (Å²) in [4.78, 5) is 0. The largest absolute Gasteiger partial charge is 0.457 e. The molecule has 0 aromatic carbocycles. The van der Waals surface area contributed by atoms with E-state index in [2.05, 4.69) is 36.9 Å². The zero-order valence-corrected chi connectivity index (χ0v) is 15.4. The van der Waals surface area contributed by atoms with Crippen molar-refractivity contribution in [2.75, 3.05) is 0 Å². The lowest BCUT2D eigenvalue weighted by atomic mass is 9.58. The summed E-state index contributed by atoms with van der Waals surface area (Å²) in [7, 11) is 0. The van der Waals surface area contributed by atoms with Gasteiger partial charge in [-0.1, -0.05) is 13.3 Å². The number of furan rings is 2. The van der Waals surface area contributed by atoms with Crippen molar-refractivity contribution in [3.8, 4) is 0 Å². The Bertz CT molecular complexity index is 733. The lowest BCUT2D eigenvalue weighted by molar-refractivity contribution is 0.0473. The molecule has 0 amide bonds. The van der Waals surface area contributed by atoms with Crippen LogP contribution >= 0.6 is 11.8 Å². The van der Waals surface area contributed by atoms with Gasteiger partial charge in [0.05, 0.1) is 0 Å². The van der Waals surface area contributed by atoms with E-state index in [-0.39, 0.29) is 0 Å². The predicted molar refractivity (Wildman–Crippen MR) is 101 cm³/mol. The Labute approximate surface area is 149 Å². The molecule has 4 heterocycles. The van der Waals surface area contributed by atoms with Crippen LogP contribution in [0.1, 0.15) is 63.4 Å². The third kappa shape index (κ3) is 2.08. The molecule has 24 heavy (non-hydrogen) atoms. The third-order valence-corrected chi connectivity index (χ3v) is 9.73. The standard InChI is InChI=1S/C22H28OS/c1-12-6-13-2-4-17(14(7-12)8-13)19-10-16-11-20(22(19)24-16)18-9-15-3-5-21(18)23-15/h3,5,9,12-14,16-17,19-20,22H,2,4,6-8,10-11H2,1H3. The van der Waals surface area contributed by atoms with E-state index in [4.69, 9.17) is 4.42 Å². The highest BCUT2D eigenvalue weighted by Crippen LogP contribution is 2.62. The second-order valence-corrected chi connectivity index (χ2v) is 10.9. The average molecular weight is 341 g/mol. The van der Waals surface area contributed by atoms with Crippen LogP contribution in [0.15, 0.2) is 22.6 Å². The molecular weight excluding hydrogens is 312 g/mol. The molecule has 2 aliphatic heterocycles. The molecule has 0 radical (unpaired) electrons. The summed E-state index contributed by atoms with van der Waals surface area (Å²) in [5, 5.41) is 1.81. The first-order chi connectivity index (χ1) is 11.7. The summed E-state index contributed by atoms with van der Waals surface area (Å²) in [6, 6.07) is 6.67. The van der Waals surface area contributed by atoms with Crippen LogP contribution < -0.4 is 0 Å². The number of hydrogen-bond donors (Lipinski definition) is 0. The van der Waals surface area contributed by atoms with Gasteiger partial charge in [-0.15, -0.1) is 0 Å². The molecule has 2 aliphatic carbocycles. The minimum atomic E-state index is 0.773. The van der Waals surface area contributed by atoms with Crippen LogP contribution in [0, 0.1) is 29.6 Å². The van der Waals surface area contributed by atoms with E-state index in [0.29, 0.717) is 0 Å². The maximum Gasteiger partial charge on any atom is 0.131 e. The molecule has 2 aromatic heterocycles. The predicted octanol–water partition coefficient (Wildman–Crippen LogP) is 6.31. The van der Waals surface area contributed by atoms with Gasteiger partial charge in [0.25, 0.3) is 0 Å². The van der Waals surface area contributed by atoms with E-state index >= 15 is 0 Å². The quantitative estimate of drug-likeness (QED) is 0.635. The monoisotopic (exact) mass is 340 g/mol. The molecule has 2 heteroatoms. The van der Waals surface area contributed by atoms with Gasteiger partial charge in [-0.3, -0.25) is 0 Å². The molecule has 0 spiro atoms. The zero-order valence-electron chi connectivity index (χ0n) is 14.6. The van der Waals surface area contributed by atoms with Gasteiger partial charge in [0, 0.05) is 22.0 Å². The summed E-state index contributed by atoms with van der Waals surface area (Å²) in [5.74, 6) is 5.89. The van der Waals surface area contributed by atoms with E-state index in [0.717, 1.165) is 51.6 Å². The van der Waals surface area contributed by atoms with Crippen molar-refractivity contribution in [1.82, 2.24) is 0 Å². The van der Waals surface area contributed by atoms with Gasteiger partial charge in [-0.05, 0) is 86.3 Å². The Balaban J connectivity index is 1.28. The van der Waals surface area contributed by atoms with Crippen LogP contribution in [0.5, 0.6) is 0 Å². The highest BCUT2D eigenvalue weighted by atomic mass is 32.2. The van der Waals surface area contributed by atoms with Gasteiger partial charge >= 0.3 is 0 Å². The second-order valence-electron chi connectivity index (χ2n) is 9.45. The number of benzene rings is 1. The second kappa shape index (κ2) is 5.19. The Morgan fingerprint density at radius 1 is 1.00 bits per heavy atom. The molecule has 8 unspecified atom stereocenters. The molecular formula is C22H28OS. The van der Waals surface area contributed by atoms with Gasteiger partial charge in [-0.2, -0.15) is 11.8 Å². The molecule has 6 rings (SSSR count). The van der Waals surface area contributed by atoms with Crippen LogP contribution in [0.2, 0.25) is 0 Å². The molecule has 4 fully saturated rings. The summed E-state index contributed by atoms with van der Waals surface area (Å²) in [5.41, 5.74) is 3.81. The number of rotatable bonds is 2. The molecule has 2 aromatic rings. The highest BCUT2D eigenvalue weighted by molar-refractivity contribution is 8.01. The summed E-state index contributed by atoms with van der Waals surface area (Å²) >= 11 is 2.34. The SMILES string of the molecule is CC1CC2CCC(C3CC4CC(c5cc6ccc5o6)C3S4)C(C1)C2. The van der Waals surface area contributed by atoms with Gasteiger partial charge in [0.15, 0.2) is 0 Å². The molecule has 8 atom stereocenters. The van der Waals surface area contributed by atoms with Crippen LogP contribution in [-0.4, -0.2) is 10.5 Å². The first-order valence-corrected chi connectivity index (χ1v) is 11.2. The fourth-order valence-corrected chi connectivity index (χ4v) is 9.27. The van der Waals surface area contributed by atoms with Crippen LogP contribution in [0.4, 0.5) is 0 Å². The van der Waals surface area contributed by atoms with Crippen molar-refractivity contribution in [3.05, 3.63) is 23.8 Å². The van der Waals surface area contributed by atoms with E-state index in [1.807, 2.05) is 0 Å². The van der Waals surface area contributed by atoms with E-state index < -0.39 is 0 Å². The number of fused-ring (bicyclic) bond motifs is 6. The fraction of sp³-hybridized carbons (Fsp3) is 0.727. The molecule has 1 nitrogen and oxygen atoms in total. The van der Waals surface area contributed by atoms with Crippen molar-refractivity contribution < 1.29 is 4.42 Å². The van der Waals surface area contributed by atoms with Gasteiger partial charge in [0.2, 0.25) is 0 Å². The number of hydrogen-bond acceptors (Lipinski definition) is 2. The first kappa shape index (κ1) is 14.5. The molecule has 2 saturated heterocycles. The van der Waals surface area contributed by atoms with Crippen molar-refractivity contribution in [2.24, 2.45) is 29.6 Å². The summed E-state index contributed by atoms with van der Waals surface area (Å²) in [6.45, 7) is 2.51. The summed E-state index contributed by atoms with van der Waals surface area (Å²) in [6.07, 6.45) is 10.6. The van der Waals surface area contributed by atoms with Crippen LogP contribution in [0.3, 0.4) is 0 Å². The van der Waals surface area contributed by atoms with Crippen molar-refractivity contribution >= 4 is 22.9 Å². The van der Waals surface area contributed by atoms with E-state index in [9.17, 15) is 0 Å². The van der Waals surface area contributed by atoms with Crippen LogP contribution in [-0.2, 0) is 0 Å². The molecule has 2 saturated carbocycles. The zero-order chi connectivity index (χ0) is 15.8. The minimum Gasteiger partial charge on any atom is -0.457 e. The maximum atomic E-state index is 5.89. The number of thioether (sulfide) groups is 1. The lowest BCUT2D eigenvalue weighted by Gasteiger charge is -2.47. The lowest BCUT2D eigenvalue weighted by Crippen LogP contribution is -2.40. The minimum absolute atomic E-state index is 0.773. The van der Waals surface area contributed by atoms with Gasteiger partial charge in [0.1, 0.15) is 11.2 Å². The van der Waals surface area contributed by atoms with Crippen molar-refractivity contribution in [1.29, 1.82) is 0 Å². The fourth-order valence-electron chi connectivity index (χ4n) is 7.22. The molecule has 0 N–H and O–H groups in total. The Kier molecular flexibility index (Phi) is 3.14. The molecule has 4 aliphatic rings. The van der Waals surface area contributed by atoms with Crippen LogP contribution in [0.25, 0.3) is 11.2 Å². The van der Waals surface area contributed by atoms with Gasteiger partial charge < -0.3 is 4.42 Å². The van der Waals surface area contributed by atoms with E-state index in [1.54, 1.807) is 12.0 Å². The Hall–Kier alpha value is -0.630. The smallest absolute Gasteiger partial charge is 0.131 e. The Morgan fingerprint density at radius 3 is 2.75 bits per heavy atom. The van der Waals surface area contributed by atoms with E-state index in [1.165, 1.54) is 44.1 Å². The maximum absolute atomic E-state index is 5.89. The summed E-state index contributed by atoms with van der Waals surface area (Å²) < 4.78 is 5.89. The normalized spacial score (nSPS) is 47.7.